The fourth-order valence-electron chi connectivity index (χ4n) is 3.02. The van der Waals surface area contributed by atoms with Crippen molar-refractivity contribution in [1.82, 2.24) is 0 Å². The SMILES string of the molecule is COc1cccc(C(=O)Oc2cccc(/C=C3\SC(=S)N(c4ccc(F)cc4)C3=O)c2)c1. The number of rotatable bonds is 5. The van der Waals surface area contributed by atoms with E-state index < -0.39 is 11.8 Å². The van der Waals surface area contributed by atoms with Gasteiger partial charge < -0.3 is 9.47 Å². The average Bonchev–Trinajstić information content (AvgIpc) is 3.07. The summed E-state index contributed by atoms with van der Waals surface area (Å²) in [6.45, 7) is 0. The van der Waals surface area contributed by atoms with Gasteiger partial charge in [-0.25, -0.2) is 9.18 Å². The van der Waals surface area contributed by atoms with Gasteiger partial charge in [0, 0.05) is 0 Å². The number of hydrogen-bond donors (Lipinski definition) is 0. The number of halogens is 1. The molecule has 160 valence electrons. The van der Waals surface area contributed by atoms with Crippen LogP contribution in [-0.4, -0.2) is 23.3 Å². The fraction of sp³-hybridized carbons (Fsp3) is 0.0417. The first kappa shape index (κ1) is 21.7. The van der Waals surface area contributed by atoms with Crippen LogP contribution in [0.4, 0.5) is 10.1 Å². The minimum absolute atomic E-state index is 0.301. The summed E-state index contributed by atoms with van der Waals surface area (Å²) < 4.78 is 24.2. The molecule has 0 N–H and O–H groups in total. The Labute approximate surface area is 193 Å². The summed E-state index contributed by atoms with van der Waals surface area (Å²) in [5.41, 5.74) is 1.52. The van der Waals surface area contributed by atoms with Gasteiger partial charge in [0.05, 0.1) is 23.3 Å². The molecule has 3 aromatic rings. The van der Waals surface area contributed by atoms with Crippen molar-refractivity contribution >= 4 is 51.9 Å². The molecule has 1 aliphatic rings. The predicted octanol–water partition coefficient (Wildman–Crippen LogP) is 5.46. The molecule has 1 fully saturated rings. The summed E-state index contributed by atoms with van der Waals surface area (Å²) in [6, 6.07) is 19.0. The Bertz CT molecular complexity index is 1240. The Balaban J connectivity index is 1.53. The van der Waals surface area contributed by atoms with Crippen LogP contribution >= 0.6 is 24.0 Å². The molecule has 1 aliphatic heterocycles. The second kappa shape index (κ2) is 9.33. The Hall–Kier alpha value is -3.49. The van der Waals surface area contributed by atoms with E-state index in [0.29, 0.717) is 37.5 Å². The summed E-state index contributed by atoms with van der Waals surface area (Å²) in [5, 5.41) is 0. The molecule has 3 aromatic carbocycles. The number of anilines is 1. The molecular weight excluding hydrogens is 449 g/mol. The van der Waals surface area contributed by atoms with Crippen molar-refractivity contribution in [3.63, 3.8) is 0 Å². The first-order valence-corrected chi connectivity index (χ1v) is 10.7. The lowest BCUT2D eigenvalue weighted by Crippen LogP contribution is -2.27. The molecule has 8 heteroatoms. The molecule has 0 unspecified atom stereocenters. The molecule has 0 radical (unpaired) electrons. The molecule has 1 heterocycles. The van der Waals surface area contributed by atoms with Gasteiger partial charge in [-0.15, -0.1) is 0 Å². The molecule has 5 nitrogen and oxygen atoms in total. The van der Waals surface area contributed by atoms with E-state index in [1.54, 1.807) is 54.6 Å². The summed E-state index contributed by atoms with van der Waals surface area (Å²) in [4.78, 5) is 27.1. The number of esters is 1. The van der Waals surface area contributed by atoms with Crippen molar-refractivity contribution in [3.8, 4) is 11.5 Å². The third kappa shape index (κ3) is 4.71. The minimum Gasteiger partial charge on any atom is -0.497 e. The van der Waals surface area contributed by atoms with Crippen molar-refractivity contribution in [2.45, 2.75) is 0 Å². The third-order valence-electron chi connectivity index (χ3n) is 4.55. The van der Waals surface area contributed by atoms with Crippen molar-refractivity contribution in [3.05, 3.63) is 94.6 Å². The van der Waals surface area contributed by atoms with Gasteiger partial charge in [0.15, 0.2) is 4.32 Å². The molecule has 0 spiro atoms. The molecule has 0 aliphatic carbocycles. The minimum atomic E-state index is -0.524. The third-order valence-corrected chi connectivity index (χ3v) is 5.85. The Kier molecular flexibility index (Phi) is 6.34. The van der Waals surface area contributed by atoms with Crippen LogP contribution in [0.25, 0.3) is 6.08 Å². The maximum Gasteiger partial charge on any atom is 0.343 e. The second-order valence-electron chi connectivity index (χ2n) is 6.69. The van der Waals surface area contributed by atoms with Gasteiger partial charge in [0.1, 0.15) is 17.3 Å². The number of carbonyl (C=O) groups excluding carboxylic acids is 2. The van der Waals surface area contributed by atoms with Gasteiger partial charge in [-0.3, -0.25) is 9.69 Å². The Morgan fingerprint density at radius 1 is 1.03 bits per heavy atom. The van der Waals surface area contributed by atoms with Crippen LogP contribution in [0.5, 0.6) is 11.5 Å². The van der Waals surface area contributed by atoms with Crippen LogP contribution < -0.4 is 14.4 Å². The van der Waals surface area contributed by atoms with Crippen molar-refractivity contribution in [2.75, 3.05) is 12.0 Å². The van der Waals surface area contributed by atoms with E-state index >= 15 is 0 Å². The lowest BCUT2D eigenvalue weighted by molar-refractivity contribution is -0.113. The lowest BCUT2D eigenvalue weighted by atomic mass is 10.2. The monoisotopic (exact) mass is 465 g/mol. The zero-order chi connectivity index (χ0) is 22.7. The number of thioether (sulfide) groups is 1. The van der Waals surface area contributed by atoms with E-state index in [1.807, 2.05) is 0 Å². The van der Waals surface area contributed by atoms with Crippen molar-refractivity contribution < 1.29 is 23.5 Å². The largest absolute Gasteiger partial charge is 0.497 e. The van der Waals surface area contributed by atoms with Crippen molar-refractivity contribution in [1.29, 1.82) is 0 Å². The van der Waals surface area contributed by atoms with E-state index in [4.69, 9.17) is 21.7 Å². The van der Waals surface area contributed by atoms with Gasteiger partial charge in [-0.1, -0.05) is 42.2 Å². The summed E-state index contributed by atoms with van der Waals surface area (Å²) in [7, 11) is 1.52. The molecule has 0 saturated carbocycles. The molecule has 0 atom stereocenters. The highest BCUT2D eigenvalue weighted by Gasteiger charge is 2.33. The maximum atomic E-state index is 13.2. The number of hydrogen-bond acceptors (Lipinski definition) is 6. The first-order valence-electron chi connectivity index (χ1n) is 9.44. The number of nitrogens with zero attached hydrogens (tertiary/aromatic N) is 1. The van der Waals surface area contributed by atoms with Gasteiger partial charge in [0.2, 0.25) is 0 Å². The highest BCUT2D eigenvalue weighted by molar-refractivity contribution is 8.27. The predicted molar refractivity (Wildman–Crippen MR) is 126 cm³/mol. The van der Waals surface area contributed by atoms with E-state index in [1.165, 1.54) is 36.3 Å². The number of thiocarbonyl (C=S) groups is 1. The Morgan fingerprint density at radius 2 is 1.75 bits per heavy atom. The molecular formula is C24H16FNO4S2. The number of benzene rings is 3. The normalized spacial score (nSPS) is 14.7. The van der Waals surface area contributed by atoms with E-state index in [2.05, 4.69) is 0 Å². The molecule has 0 bridgehead atoms. The van der Waals surface area contributed by atoms with Crippen LogP contribution in [0.3, 0.4) is 0 Å². The summed E-state index contributed by atoms with van der Waals surface area (Å²) in [5.74, 6) is -0.332. The standard InChI is InChI=1S/C24H16FNO4S2/c1-29-19-6-3-5-16(14-19)23(28)30-20-7-2-4-15(12-20)13-21-22(27)26(24(31)32-21)18-10-8-17(25)9-11-18/h2-14H,1H3/b21-13-. The highest BCUT2D eigenvalue weighted by atomic mass is 32.2. The number of ether oxygens (including phenoxy) is 2. The quantitative estimate of drug-likeness (QED) is 0.216. The topological polar surface area (TPSA) is 55.8 Å². The average molecular weight is 466 g/mol. The molecule has 0 aromatic heterocycles. The van der Waals surface area contributed by atoms with E-state index in [-0.39, 0.29) is 5.91 Å². The smallest absolute Gasteiger partial charge is 0.343 e. The molecule has 1 amide bonds. The first-order chi connectivity index (χ1) is 15.4. The van der Waals surface area contributed by atoms with Gasteiger partial charge in [0.25, 0.3) is 5.91 Å². The van der Waals surface area contributed by atoms with E-state index in [9.17, 15) is 14.0 Å². The Morgan fingerprint density at radius 3 is 2.50 bits per heavy atom. The van der Waals surface area contributed by atoms with Crippen LogP contribution in [0, 0.1) is 5.82 Å². The number of amides is 1. The zero-order valence-corrected chi connectivity index (χ0v) is 18.4. The highest BCUT2D eigenvalue weighted by Crippen LogP contribution is 2.36. The van der Waals surface area contributed by atoms with Crippen molar-refractivity contribution in [2.24, 2.45) is 0 Å². The maximum absolute atomic E-state index is 13.2. The second-order valence-corrected chi connectivity index (χ2v) is 8.36. The fourth-order valence-corrected chi connectivity index (χ4v) is 4.31. The molecule has 32 heavy (non-hydrogen) atoms. The van der Waals surface area contributed by atoms with Crippen LogP contribution in [0.2, 0.25) is 0 Å². The zero-order valence-electron chi connectivity index (χ0n) is 16.8. The van der Waals surface area contributed by atoms with E-state index in [0.717, 1.165) is 11.8 Å². The van der Waals surface area contributed by atoms with Crippen LogP contribution in [0.1, 0.15) is 15.9 Å². The molecule has 1 saturated heterocycles. The molecule has 4 rings (SSSR count). The van der Waals surface area contributed by atoms with Crippen LogP contribution in [0.15, 0.2) is 77.7 Å². The van der Waals surface area contributed by atoms with Gasteiger partial charge in [-0.2, -0.15) is 0 Å². The summed E-state index contributed by atoms with van der Waals surface area (Å²) >= 11 is 6.49. The number of carbonyl (C=O) groups is 2. The van der Waals surface area contributed by atoms with Crippen LogP contribution in [-0.2, 0) is 4.79 Å². The van der Waals surface area contributed by atoms with Gasteiger partial charge >= 0.3 is 5.97 Å². The lowest BCUT2D eigenvalue weighted by Gasteiger charge is -2.14. The summed E-state index contributed by atoms with van der Waals surface area (Å²) in [6.07, 6.45) is 1.67. The number of methoxy groups -OCH3 is 1. The van der Waals surface area contributed by atoms with Gasteiger partial charge in [-0.05, 0) is 66.2 Å².